The molecule has 0 fully saturated rings. The van der Waals surface area contributed by atoms with Crippen LogP contribution < -0.4 is 5.32 Å². The average molecular weight is 344 g/mol. The van der Waals surface area contributed by atoms with Crippen LogP contribution in [0.2, 0.25) is 0 Å². The highest BCUT2D eigenvalue weighted by atomic mass is 35.7. The summed E-state index contributed by atoms with van der Waals surface area (Å²) in [5, 5.41) is 2.45. The molecular weight excluding hydrogens is 330 g/mol. The predicted molar refractivity (Wildman–Crippen MR) is 78.0 cm³/mol. The number of rotatable bonds is 5. The molecule has 0 bridgehead atoms. The van der Waals surface area contributed by atoms with Gasteiger partial charge in [0.25, 0.3) is 15.0 Å². The molecule has 0 aliphatic rings. The zero-order chi connectivity index (χ0) is 14.8. The number of thiophene rings is 1. The lowest BCUT2D eigenvalue weighted by molar-refractivity contribution is 0.0958. The fourth-order valence-electron chi connectivity index (χ4n) is 1.26. The second-order valence-electron chi connectivity index (χ2n) is 3.99. The first-order valence-corrected chi connectivity index (χ1v) is 10.0. The number of carbonyl (C=O) groups is 1. The highest BCUT2D eigenvalue weighted by Gasteiger charge is 2.20. The molecule has 1 aromatic rings. The van der Waals surface area contributed by atoms with Crippen molar-refractivity contribution in [3.8, 4) is 0 Å². The lowest BCUT2D eigenvalue weighted by Crippen LogP contribution is -2.32. The van der Waals surface area contributed by atoms with Gasteiger partial charge >= 0.3 is 0 Å². The van der Waals surface area contributed by atoms with Crippen LogP contribution in [0.4, 0.5) is 0 Å². The molecule has 2 unspecified atom stereocenters. The molecule has 0 radical (unpaired) electrons. The van der Waals surface area contributed by atoms with Crippen molar-refractivity contribution < 1.29 is 17.4 Å². The van der Waals surface area contributed by atoms with Crippen LogP contribution in [0, 0.1) is 6.92 Å². The molecule has 0 aliphatic carbocycles. The van der Waals surface area contributed by atoms with E-state index in [0.29, 0.717) is 4.88 Å². The van der Waals surface area contributed by atoms with Crippen LogP contribution >= 0.6 is 22.0 Å². The van der Waals surface area contributed by atoms with E-state index < -0.39 is 25.8 Å². The van der Waals surface area contributed by atoms with Gasteiger partial charge in [0.15, 0.2) is 0 Å². The summed E-state index contributed by atoms with van der Waals surface area (Å²) in [5.41, 5.74) is 0. The van der Waals surface area contributed by atoms with E-state index in [9.17, 15) is 17.4 Å². The van der Waals surface area contributed by atoms with Crippen LogP contribution in [0.5, 0.6) is 0 Å². The molecule has 1 rings (SSSR count). The van der Waals surface area contributed by atoms with Gasteiger partial charge in [-0.1, -0.05) is 0 Å². The Bertz CT molecular complexity index is 608. The monoisotopic (exact) mass is 343 g/mol. The molecule has 0 aliphatic heterocycles. The van der Waals surface area contributed by atoms with E-state index >= 15 is 0 Å². The molecule has 5 nitrogen and oxygen atoms in total. The van der Waals surface area contributed by atoms with Gasteiger partial charge in [0.2, 0.25) is 0 Å². The second kappa shape index (κ2) is 6.34. The fraction of sp³-hybridized carbons (Fsp3) is 0.500. The smallest absolute Gasteiger partial charge is 0.262 e. The van der Waals surface area contributed by atoms with Crippen molar-refractivity contribution in [1.82, 2.24) is 5.32 Å². The first-order chi connectivity index (χ1) is 8.62. The first kappa shape index (κ1) is 16.6. The minimum atomic E-state index is -3.84. The maximum atomic E-state index is 11.8. The van der Waals surface area contributed by atoms with Crippen molar-refractivity contribution in [1.29, 1.82) is 0 Å². The van der Waals surface area contributed by atoms with Gasteiger partial charge < -0.3 is 5.32 Å². The standard InChI is InChI=1S/C10H14ClNO4S3/c1-6(18(3)14)5-12-10(13)8-4-9(7(2)17-8)19(11,15)16/h4,6H,5H2,1-3H3,(H,12,13). The molecule has 2 atom stereocenters. The van der Waals surface area contributed by atoms with Crippen LogP contribution in [0.3, 0.4) is 0 Å². The lowest BCUT2D eigenvalue weighted by atomic mass is 10.4. The minimum absolute atomic E-state index is 0.0450. The number of carbonyl (C=O) groups excluding carboxylic acids is 1. The topological polar surface area (TPSA) is 80.3 Å². The number of hydrogen-bond acceptors (Lipinski definition) is 5. The first-order valence-electron chi connectivity index (χ1n) is 5.28. The molecule has 1 aromatic heterocycles. The molecule has 0 saturated carbocycles. The molecular formula is C10H14ClNO4S3. The van der Waals surface area contributed by atoms with Gasteiger partial charge in [-0.15, -0.1) is 11.3 Å². The Morgan fingerprint density at radius 3 is 2.58 bits per heavy atom. The Kier molecular flexibility index (Phi) is 5.54. The second-order valence-corrected chi connectivity index (χ2v) is 9.58. The third-order valence-corrected chi connectivity index (χ3v) is 6.40. The van der Waals surface area contributed by atoms with Gasteiger partial charge in [-0.3, -0.25) is 9.00 Å². The third-order valence-electron chi connectivity index (χ3n) is 2.48. The molecule has 19 heavy (non-hydrogen) atoms. The Morgan fingerprint density at radius 2 is 2.16 bits per heavy atom. The van der Waals surface area contributed by atoms with Crippen molar-refractivity contribution in [2.45, 2.75) is 24.0 Å². The van der Waals surface area contributed by atoms with Crippen LogP contribution in [0.25, 0.3) is 0 Å². The summed E-state index contributed by atoms with van der Waals surface area (Å²) in [6.45, 7) is 3.60. The molecule has 108 valence electrons. The van der Waals surface area contributed by atoms with Crippen molar-refractivity contribution in [2.75, 3.05) is 12.8 Å². The lowest BCUT2D eigenvalue weighted by Gasteiger charge is -2.08. The Morgan fingerprint density at radius 1 is 1.58 bits per heavy atom. The van der Waals surface area contributed by atoms with Gasteiger partial charge in [0.1, 0.15) is 0 Å². The zero-order valence-corrected chi connectivity index (χ0v) is 13.8. The summed E-state index contributed by atoms with van der Waals surface area (Å²) < 4.78 is 33.6. The van der Waals surface area contributed by atoms with E-state index in [0.717, 1.165) is 11.3 Å². The number of hydrogen-bond donors (Lipinski definition) is 1. The third kappa shape index (κ3) is 4.55. The van der Waals surface area contributed by atoms with Crippen LogP contribution in [0.1, 0.15) is 21.5 Å². The molecule has 1 N–H and O–H groups in total. The molecule has 1 amide bonds. The molecule has 1 heterocycles. The predicted octanol–water partition coefficient (Wildman–Crippen LogP) is 1.48. The van der Waals surface area contributed by atoms with Gasteiger partial charge in [-0.25, -0.2) is 8.42 Å². The maximum Gasteiger partial charge on any atom is 0.262 e. The fourth-order valence-corrected chi connectivity index (χ4v) is 4.16. The van der Waals surface area contributed by atoms with E-state index in [4.69, 9.17) is 10.7 Å². The summed E-state index contributed by atoms with van der Waals surface area (Å²) in [4.78, 5) is 12.5. The normalized spacial score (nSPS) is 14.9. The summed E-state index contributed by atoms with van der Waals surface area (Å²) in [6.07, 6.45) is 1.56. The maximum absolute atomic E-state index is 11.8. The van der Waals surface area contributed by atoms with E-state index in [-0.39, 0.29) is 21.6 Å². The number of nitrogens with one attached hydrogen (secondary N) is 1. The van der Waals surface area contributed by atoms with Gasteiger partial charge in [0, 0.05) is 44.4 Å². The van der Waals surface area contributed by atoms with Crippen LogP contribution in [-0.4, -0.2) is 36.6 Å². The Balaban J connectivity index is 2.82. The molecule has 9 heteroatoms. The SMILES string of the molecule is Cc1sc(C(=O)NCC(C)S(C)=O)cc1S(=O)(=O)Cl. The van der Waals surface area contributed by atoms with E-state index in [1.165, 1.54) is 6.07 Å². The summed E-state index contributed by atoms with van der Waals surface area (Å²) in [7, 11) is 0.396. The summed E-state index contributed by atoms with van der Waals surface area (Å²) >= 11 is 1.06. The summed E-state index contributed by atoms with van der Waals surface area (Å²) in [5.74, 6) is -0.392. The van der Waals surface area contributed by atoms with Crippen molar-refractivity contribution in [3.05, 3.63) is 15.8 Å². The number of aryl methyl sites for hydroxylation is 1. The van der Waals surface area contributed by atoms with Gasteiger partial charge in [-0.05, 0) is 19.9 Å². The summed E-state index contributed by atoms with van der Waals surface area (Å²) in [6, 6.07) is 1.26. The zero-order valence-electron chi connectivity index (χ0n) is 10.6. The Hall–Kier alpha value is -0.440. The van der Waals surface area contributed by atoms with Gasteiger partial charge in [-0.2, -0.15) is 0 Å². The number of halogens is 1. The van der Waals surface area contributed by atoms with Crippen LogP contribution in [0.15, 0.2) is 11.0 Å². The average Bonchev–Trinajstić information content (AvgIpc) is 2.67. The minimum Gasteiger partial charge on any atom is -0.350 e. The highest BCUT2D eigenvalue weighted by Crippen LogP contribution is 2.28. The van der Waals surface area contributed by atoms with E-state index in [1.54, 1.807) is 20.1 Å². The molecule has 0 aromatic carbocycles. The van der Waals surface area contributed by atoms with E-state index in [1.807, 2.05) is 0 Å². The Labute approximate surface area is 123 Å². The molecule has 0 spiro atoms. The highest BCUT2D eigenvalue weighted by molar-refractivity contribution is 8.13. The quantitative estimate of drug-likeness (QED) is 0.821. The van der Waals surface area contributed by atoms with Gasteiger partial charge in [0.05, 0.1) is 9.77 Å². The largest absolute Gasteiger partial charge is 0.350 e. The molecule has 0 saturated heterocycles. The van der Waals surface area contributed by atoms with Crippen molar-refractivity contribution in [2.24, 2.45) is 0 Å². The van der Waals surface area contributed by atoms with Crippen molar-refractivity contribution >= 4 is 47.8 Å². The van der Waals surface area contributed by atoms with Crippen LogP contribution in [-0.2, 0) is 19.9 Å². The van der Waals surface area contributed by atoms with E-state index in [2.05, 4.69) is 5.32 Å². The van der Waals surface area contributed by atoms with Crippen molar-refractivity contribution in [3.63, 3.8) is 0 Å². The number of amides is 1.